The number of nitrogens with zero attached hydrogens (tertiary/aromatic N) is 2. The lowest BCUT2D eigenvalue weighted by Gasteiger charge is -2.23. The molecule has 0 radical (unpaired) electrons. The first-order chi connectivity index (χ1) is 15.6. The normalized spacial score (nSPS) is 16.7. The minimum atomic E-state index is -0.773. The predicted molar refractivity (Wildman–Crippen MR) is 122 cm³/mol. The van der Waals surface area contributed by atoms with Crippen molar-refractivity contribution in [2.45, 2.75) is 12.5 Å². The minimum absolute atomic E-state index is 0.0426. The molecule has 0 bridgehead atoms. The predicted octanol–water partition coefficient (Wildman–Crippen LogP) is 3.91. The molecule has 0 aliphatic carbocycles. The van der Waals surface area contributed by atoms with Crippen molar-refractivity contribution in [1.82, 2.24) is 4.90 Å². The van der Waals surface area contributed by atoms with Crippen molar-refractivity contribution in [2.75, 3.05) is 19.0 Å². The molecule has 0 saturated carbocycles. The molecule has 0 aromatic heterocycles. The van der Waals surface area contributed by atoms with Crippen LogP contribution in [0.25, 0.3) is 11.1 Å². The standard InChI is InChI=1S/C25H23N3O4/c1-32-27-20-15-22(24(30)26-21-9-5-6-10-23(21)29)28(16-20)25(31)19-13-11-18(12-14-19)17-7-3-2-4-8-17/h2-14,22,29H,15-16H2,1H3,(H,26,30)/t22-/m0/s1. The first kappa shape index (κ1) is 21.1. The lowest BCUT2D eigenvalue weighted by atomic mass is 10.0. The Hall–Kier alpha value is -4.13. The number of phenolic OH excluding ortho intramolecular Hbond substituents is 1. The van der Waals surface area contributed by atoms with Crippen LogP contribution in [0.5, 0.6) is 5.75 Å². The molecule has 1 heterocycles. The lowest BCUT2D eigenvalue weighted by molar-refractivity contribution is -0.119. The van der Waals surface area contributed by atoms with Crippen LogP contribution in [0.1, 0.15) is 16.8 Å². The van der Waals surface area contributed by atoms with Crippen molar-refractivity contribution in [1.29, 1.82) is 0 Å². The van der Waals surface area contributed by atoms with Crippen molar-refractivity contribution in [3.8, 4) is 16.9 Å². The number of nitrogens with one attached hydrogen (secondary N) is 1. The molecule has 3 aromatic rings. The Morgan fingerprint density at radius 1 is 0.969 bits per heavy atom. The molecule has 0 unspecified atom stereocenters. The van der Waals surface area contributed by atoms with E-state index in [4.69, 9.17) is 4.84 Å². The van der Waals surface area contributed by atoms with Gasteiger partial charge < -0.3 is 20.2 Å². The van der Waals surface area contributed by atoms with E-state index in [-0.39, 0.29) is 30.3 Å². The van der Waals surface area contributed by atoms with Gasteiger partial charge in [-0.15, -0.1) is 0 Å². The summed E-state index contributed by atoms with van der Waals surface area (Å²) in [6.45, 7) is 0.186. The molecule has 4 rings (SSSR count). The summed E-state index contributed by atoms with van der Waals surface area (Å²) >= 11 is 0. The Kier molecular flexibility index (Phi) is 6.17. The number of oxime groups is 1. The number of amides is 2. The molecule has 1 aliphatic heterocycles. The molecule has 1 atom stereocenters. The fourth-order valence-electron chi connectivity index (χ4n) is 3.74. The quantitative estimate of drug-likeness (QED) is 0.475. The third-order valence-corrected chi connectivity index (χ3v) is 5.34. The molecular formula is C25H23N3O4. The number of hydrogen-bond acceptors (Lipinski definition) is 5. The second-order valence-corrected chi connectivity index (χ2v) is 7.44. The summed E-state index contributed by atoms with van der Waals surface area (Å²) in [5, 5.41) is 16.6. The Morgan fingerprint density at radius 2 is 1.62 bits per heavy atom. The van der Waals surface area contributed by atoms with Gasteiger partial charge in [0.1, 0.15) is 18.9 Å². The number of aromatic hydroxyl groups is 1. The van der Waals surface area contributed by atoms with Gasteiger partial charge in [0.05, 0.1) is 17.9 Å². The first-order valence-electron chi connectivity index (χ1n) is 10.2. The van der Waals surface area contributed by atoms with E-state index in [1.54, 1.807) is 30.3 Å². The topological polar surface area (TPSA) is 91.2 Å². The highest BCUT2D eigenvalue weighted by Crippen LogP contribution is 2.26. The monoisotopic (exact) mass is 429 g/mol. The van der Waals surface area contributed by atoms with Crippen LogP contribution in [0, 0.1) is 0 Å². The van der Waals surface area contributed by atoms with Crippen LogP contribution < -0.4 is 5.32 Å². The average Bonchev–Trinajstić information content (AvgIpc) is 3.25. The summed E-state index contributed by atoms with van der Waals surface area (Å²) in [7, 11) is 1.43. The summed E-state index contributed by atoms with van der Waals surface area (Å²) < 4.78 is 0. The lowest BCUT2D eigenvalue weighted by Crippen LogP contribution is -2.43. The number of hydrogen-bond donors (Lipinski definition) is 2. The molecule has 3 aromatic carbocycles. The second-order valence-electron chi connectivity index (χ2n) is 7.44. The van der Waals surface area contributed by atoms with Gasteiger partial charge in [0.15, 0.2) is 0 Å². The molecule has 7 heteroatoms. The summed E-state index contributed by atoms with van der Waals surface area (Å²) in [6.07, 6.45) is 0.251. The number of phenols is 1. The number of benzene rings is 3. The van der Waals surface area contributed by atoms with Crippen LogP contribution in [-0.4, -0.2) is 47.2 Å². The molecule has 32 heavy (non-hydrogen) atoms. The zero-order valence-electron chi connectivity index (χ0n) is 17.6. The molecule has 1 fully saturated rings. The third-order valence-electron chi connectivity index (χ3n) is 5.34. The van der Waals surface area contributed by atoms with Crippen LogP contribution in [0.3, 0.4) is 0 Å². The number of rotatable bonds is 5. The van der Waals surface area contributed by atoms with Gasteiger partial charge in [-0.05, 0) is 35.4 Å². The first-order valence-corrected chi connectivity index (χ1v) is 10.2. The highest BCUT2D eigenvalue weighted by molar-refractivity contribution is 6.08. The van der Waals surface area contributed by atoms with E-state index >= 15 is 0 Å². The van der Waals surface area contributed by atoms with E-state index in [2.05, 4.69) is 10.5 Å². The SMILES string of the molecule is CON=C1C[C@@H](C(=O)Nc2ccccc2O)N(C(=O)c2ccc(-c3ccccc3)cc2)C1. The van der Waals surface area contributed by atoms with Gasteiger partial charge in [-0.3, -0.25) is 9.59 Å². The molecule has 162 valence electrons. The fourth-order valence-corrected chi connectivity index (χ4v) is 3.74. The number of carbonyl (C=O) groups is 2. The van der Waals surface area contributed by atoms with Crippen molar-refractivity contribution >= 4 is 23.2 Å². The maximum atomic E-state index is 13.3. The van der Waals surface area contributed by atoms with Gasteiger partial charge in [-0.1, -0.05) is 59.8 Å². The van der Waals surface area contributed by atoms with Gasteiger partial charge in [0, 0.05) is 12.0 Å². The Bertz CT molecular complexity index is 1140. The van der Waals surface area contributed by atoms with Crippen molar-refractivity contribution in [3.63, 3.8) is 0 Å². The second kappa shape index (κ2) is 9.34. The minimum Gasteiger partial charge on any atom is -0.506 e. The molecular weight excluding hydrogens is 406 g/mol. The van der Waals surface area contributed by atoms with Crippen LogP contribution in [0.2, 0.25) is 0 Å². The van der Waals surface area contributed by atoms with Crippen LogP contribution in [-0.2, 0) is 9.63 Å². The maximum Gasteiger partial charge on any atom is 0.254 e. The van der Waals surface area contributed by atoms with E-state index < -0.39 is 11.9 Å². The summed E-state index contributed by atoms with van der Waals surface area (Å²) in [5.74, 6) is -0.718. The van der Waals surface area contributed by atoms with Crippen LogP contribution >= 0.6 is 0 Å². The molecule has 7 nitrogen and oxygen atoms in total. The van der Waals surface area contributed by atoms with E-state index in [9.17, 15) is 14.7 Å². The van der Waals surface area contributed by atoms with Gasteiger partial charge in [-0.2, -0.15) is 0 Å². The maximum absolute atomic E-state index is 13.3. The van der Waals surface area contributed by atoms with E-state index in [0.717, 1.165) is 11.1 Å². The molecule has 2 N–H and O–H groups in total. The van der Waals surface area contributed by atoms with Crippen molar-refractivity contribution in [2.24, 2.45) is 5.16 Å². The zero-order chi connectivity index (χ0) is 22.5. The highest BCUT2D eigenvalue weighted by atomic mass is 16.6. The third kappa shape index (κ3) is 4.46. The van der Waals surface area contributed by atoms with Gasteiger partial charge in [0.2, 0.25) is 5.91 Å². The Morgan fingerprint density at radius 3 is 2.31 bits per heavy atom. The number of para-hydroxylation sites is 2. The largest absolute Gasteiger partial charge is 0.506 e. The number of likely N-dealkylation sites (tertiary alicyclic amines) is 1. The highest BCUT2D eigenvalue weighted by Gasteiger charge is 2.38. The molecule has 1 aliphatic rings. The van der Waals surface area contributed by atoms with Crippen molar-refractivity contribution < 1.29 is 19.5 Å². The van der Waals surface area contributed by atoms with Gasteiger partial charge in [0.25, 0.3) is 5.91 Å². The average molecular weight is 429 g/mol. The van der Waals surface area contributed by atoms with Crippen LogP contribution in [0.4, 0.5) is 5.69 Å². The number of anilines is 1. The van der Waals surface area contributed by atoms with Gasteiger partial charge in [-0.25, -0.2) is 0 Å². The van der Waals surface area contributed by atoms with E-state index in [1.807, 2.05) is 42.5 Å². The Balaban J connectivity index is 1.56. The van der Waals surface area contributed by atoms with Gasteiger partial charge >= 0.3 is 0 Å². The van der Waals surface area contributed by atoms with E-state index in [1.165, 1.54) is 18.1 Å². The number of carbonyl (C=O) groups excluding carboxylic acids is 2. The molecule has 1 saturated heterocycles. The van der Waals surface area contributed by atoms with Crippen LogP contribution in [0.15, 0.2) is 84.0 Å². The zero-order valence-corrected chi connectivity index (χ0v) is 17.6. The fraction of sp³-hybridized carbons (Fsp3) is 0.160. The van der Waals surface area contributed by atoms with E-state index in [0.29, 0.717) is 11.3 Å². The molecule has 2 amide bonds. The van der Waals surface area contributed by atoms with Crippen molar-refractivity contribution in [3.05, 3.63) is 84.4 Å². The summed E-state index contributed by atoms with van der Waals surface area (Å²) in [5.41, 5.74) is 3.42. The summed E-state index contributed by atoms with van der Waals surface area (Å²) in [6, 6.07) is 22.9. The Labute approximate surface area is 185 Å². The smallest absolute Gasteiger partial charge is 0.254 e. The summed E-state index contributed by atoms with van der Waals surface area (Å²) in [4.78, 5) is 32.6. The molecule has 0 spiro atoms.